The van der Waals surface area contributed by atoms with Crippen LogP contribution in [-0.4, -0.2) is 15.9 Å². The second kappa shape index (κ2) is 6.67. The van der Waals surface area contributed by atoms with Crippen LogP contribution >= 0.6 is 11.6 Å². The summed E-state index contributed by atoms with van der Waals surface area (Å²) in [5.41, 5.74) is 1.01. The molecule has 1 heterocycles. The molecule has 2 aromatic rings. The van der Waals surface area contributed by atoms with Crippen LogP contribution in [-0.2, 0) is 6.54 Å². The minimum Gasteiger partial charge on any atom is -0.334 e. The summed E-state index contributed by atoms with van der Waals surface area (Å²) in [6.07, 6.45) is 3.28. The number of nitrogens with one attached hydrogen (secondary N) is 2. The van der Waals surface area contributed by atoms with Gasteiger partial charge < -0.3 is 10.6 Å². The van der Waals surface area contributed by atoms with E-state index >= 15 is 0 Å². The van der Waals surface area contributed by atoms with Crippen LogP contribution in [0, 0.1) is 10.1 Å². The first-order chi connectivity index (χ1) is 10.1. The van der Waals surface area contributed by atoms with Gasteiger partial charge in [-0.15, -0.1) is 0 Å². The highest BCUT2D eigenvalue weighted by atomic mass is 35.5. The zero-order valence-corrected chi connectivity index (χ0v) is 11.5. The molecule has 0 atom stereocenters. The van der Waals surface area contributed by atoms with E-state index in [1.807, 2.05) is 6.07 Å². The quantitative estimate of drug-likeness (QED) is 0.670. The summed E-state index contributed by atoms with van der Waals surface area (Å²) < 4.78 is 0. The maximum atomic E-state index is 11.7. The number of hydrogen-bond acceptors (Lipinski definition) is 4. The maximum Gasteiger partial charge on any atom is 0.319 e. The van der Waals surface area contributed by atoms with Gasteiger partial charge in [0.05, 0.1) is 15.6 Å². The number of aromatic nitrogens is 1. The van der Waals surface area contributed by atoms with E-state index in [4.69, 9.17) is 11.6 Å². The van der Waals surface area contributed by atoms with Gasteiger partial charge in [-0.25, -0.2) is 4.79 Å². The Morgan fingerprint density at radius 2 is 2.19 bits per heavy atom. The Kier molecular flexibility index (Phi) is 4.68. The highest BCUT2D eigenvalue weighted by Gasteiger charge is 2.11. The summed E-state index contributed by atoms with van der Waals surface area (Å²) in [4.78, 5) is 25.7. The van der Waals surface area contributed by atoms with Crippen LogP contribution < -0.4 is 10.6 Å². The van der Waals surface area contributed by atoms with Gasteiger partial charge in [-0.3, -0.25) is 15.1 Å². The van der Waals surface area contributed by atoms with Crippen LogP contribution in [0.3, 0.4) is 0 Å². The molecule has 0 radical (unpaired) electrons. The highest BCUT2D eigenvalue weighted by molar-refractivity contribution is 6.33. The fourth-order valence-electron chi connectivity index (χ4n) is 1.57. The summed E-state index contributed by atoms with van der Waals surface area (Å²) in [7, 11) is 0. The number of anilines is 1. The Morgan fingerprint density at radius 1 is 1.38 bits per heavy atom. The molecule has 1 aromatic carbocycles. The number of rotatable bonds is 4. The molecule has 108 valence electrons. The van der Waals surface area contributed by atoms with Gasteiger partial charge in [-0.05, 0) is 17.7 Å². The SMILES string of the molecule is O=C(NCc1cccnc1)Nc1ccc([N+](=O)[O-])cc1Cl. The Hall–Kier alpha value is -2.67. The maximum absolute atomic E-state index is 11.7. The average molecular weight is 307 g/mol. The topological polar surface area (TPSA) is 97.2 Å². The number of urea groups is 1. The fraction of sp³-hybridized carbons (Fsp3) is 0.0769. The first-order valence-electron chi connectivity index (χ1n) is 5.94. The van der Waals surface area contributed by atoms with Crippen LogP contribution in [0.25, 0.3) is 0 Å². The van der Waals surface area contributed by atoms with Gasteiger partial charge in [0.25, 0.3) is 5.69 Å². The molecule has 0 unspecified atom stereocenters. The second-order valence-corrected chi connectivity index (χ2v) is 4.50. The minimum absolute atomic E-state index is 0.0979. The lowest BCUT2D eigenvalue weighted by atomic mass is 10.3. The molecule has 0 saturated carbocycles. The molecule has 0 bridgehead atoms. The number of nitro groups is 1. The molecule has 0 saturated heterocycles. The molecular weight excluding hydrogens is 296 g/mol. The van der Waals surface area contributed by atoms with Crippen molar-refractivity contribution in [2.75, 3.05) is 5.32 Å². The third-order valence-electron chi connectivity index (χ3n) is 2.59. The number of non-ortho nitro benzene ring substituents is 1. The molecule has 21 heavy (non-hydrogen) atoms. The summed E-state index contributed by atoms with van der Waals surface area (Å²) in [5, 5.41) is 15.8. The number of carbonyl (C=O) groups excluding carboxylic acids is 1. The van der Waals surface area contributed by atoms with Crippen molar-refractivity contribution < 1.29 is 9.72 Å². The molecule has 2 rings (SSSR count). The van der Waals surface area contributed by atoms with E-state index in [1.165, 1.54) is 18.2 Å². The summed E-state index contributed by atoms with van der Waals surface area (Å²) in [5.74, 6) is 0. The summed E-state index contributed by atoms with van der Waals surface area (Å²) in [6, 6.07) is 6.95. The number of carbonyl (C=O) groups is 1. The Bertz CT molecular complexity index is 664. The van der Waals surface area contributed by atoms with Gasteiger partial charge in [-0.2, -0.15) is 0 Å². The monoisotopic (exact) mass is 306 g/mol. The van der Waals surface area contributed by atoms with Crippen LogP contribution in [0.1, 0.15) is 5.56 Å². The van der Waals surface area contributed by atoms with Crippen molar-refractivity contribution in [3.8, 4) is 0 Å². The van der Waals surface area contributed by atoms with E-state index in [0.717, 1.165) is 5.56 Å². The number of pyridine rings is 1. The van der Waals surface area contributed by atoms with Crippen molar-refractivity contribution in [3.05, 3.63) is 63.4 Å². The van der Waals surface area contributed by atoms with Crippen LogP contribution in [0.4, 0.5) is 16.2 Å². The molecule has 0 fully saturated rings. The standard InChI is InChI=1S/C13H11ClN4O3/c14-11-6-10(18(20)21)3-4-12(11)17-13(19)16-8-9-2-1-5-15-7-9/h1-7H,8H2,(H2,16,17,19). The molecule has 0 aliphatic heterocycles. The molecule has 8 heteroatoms. The van der Waals surface area contributed by atoms with E-state index in [2.05, 4.69) is 15.6 Å². The zero-order chi connectivity index (χ0) is 15.2. The van der Waals surface area contributed by atoms with Gasteiger partial charge in [0.2, 0.25) is 0 Å². The van der Waals surface area contributed by atoms with Crippen LogP contribution in [0.5, 0.6) is 0 Å². The Labute approximate surface area is 125 Å². The second-order valence-electron chi connectivity index (χ2n) is 4.09. The number of hydrogen-bond donors (Lipinski definition) is 2. The Morgan fingerprint density at radius 3 is 2.81 bits per heavy atom. The van der Waals surface area contributed by atoms with Gasteiger partial charge in [0.1, 0.15) is 0 Å². The third-order valence-corrected chi connectivity index (χ3v) is 2.90. The number of nitro benzene ring substituents is 1. The number of amides is 2. The predicted molar refractivity (Wildman–Crippen MR) is 78.2 cm³/mol. The molecule has 2 amide bonds. The van der Waals surface area contributed by atoms with E-state index < -0.39 is 11.0 Å². The van der Waals surface area contributed by atoms with E-state index in [9.17, 15) is 14.9 Å². The lowest BCUT2D eigenvalue weighted by Crippen LogP contribution is -2.28. The minimum atomic E-state index is -0.557. The Balaban J connectivity index is 1.95. The third kappa shape index (κ3) is 4.15. The number of nitrogens with zero attached hydrogens (tertiary/aromatic N) is 2. The van der Waals surface area contributed by atoms with Crippen LogP contribution in [0.2, 0.25) is 5.02 Å². The van der Waals surface area contributed by atoms with E-state index in [1.54, 1.807) is 18.5 Å². The van der Waals surface area contributed by atoms with Gasteiger partial charge >= 0.3 is 6.03 Å². The van der Waals surface area contributed by atoms with Crippen molar-refractivity contribution in [3.63, 3.8) is 0 Å². The normalized spacial score (nSPS) is 9.95. The number of halogens is 1. The predicted octanol–water partition coefficient (Wildman–Crippen LogP) is 2.96. The first kappa shape index (κ1) is 14.7. The van der Waals surface area contributed by atoms with Gasteiger partial charge in [0, 0.05) is 31.1 Å². The molecule has 2 N–H and O–H groups in total. The van der Waals surface area contributed by atoms with Crippen molar-refractivity contribution in [1.82, 2.24) is 10.3 Å². The molecule has 1 aromatic heterocycles. The zero-order valence-electron chi connectivity index (χ0n) is 10.7. The average Bonchev–Trinajstić information content (AvgIpc) is 2.48. The molecule has 0 aliphatic rings. The molecule has 0 aliphatic carbocycles. The molecule has 0 spiro atoms. The van der Waals surface area contributed by atoms with Gasteiger partial charge in [0.15, 0.2) is 0 Å². The lowest BCUT2D eigenvalue weighted by molar-refractivity contribution is -0.384. The number of benzene rings is 1. The smallest absolute Gasteiger partial charge is 0.319 e. The largest absolute Gasteiger partial charge is 0.334 e. The van der Waals surface area contributed by atoms with E-state index in [0.29, 0.717) is 12.2 Å². The van der Waals surface area contributed by atoms with Crippen molar-refractivity contribution in [1.29, 1.82) is 0 Å². The molecular formula is C13H11ClN4O3. The van der Waals surface area contributed by atoms with Gasteiger partial charge in [-0.1, -0.05) is 17.7 Å². The van der Waals surface area contributed by atoms with Crippen molar-refractivity contribution >= 4 is 29.0 Å². The molecule has 7 nitrogen and oxygen atoms in total. The lowest BCUT2D eigenvalue weighted by Gasteiger charge is -2.08. The summed E-state index contributed by atoms with van der Waals surface area (Å²) >= 11 is 5.88. The first-order valence-corrected chi connectivity index (χ1v) is 6.32. The van der Waals surface area contributed by atoms with Crippen LogP contribution in [0.15, 0.2) is 42.7 Å². The van der Waals surface area contributed by atoms with Crippen molar-refractivity contribution in [2.45, 2.75) is 6.54 Å². The van der Waals surface area contributed by atoms with E-state index in [-0.39, 0.29) is 10.7 Å². The fourth-order valence-corrected chi connectivity index (χ4v) is 1.79. The van der Waals surface area contributed by atoms with Crippen molar-refractivity contribution in [2.24, 2.45) is 0 Å². The highest BCUT2D eigenvalue weighted by Crippen LogP contribution is 2.26. The summed E-state index contributed by atoms with van der Waals surface area (Å²) in [6.45, 7) is 0.310.